The van der Waals surface area contributed by atoms with E-state index in [1.165, 1.54) is 0 Å². The molecule has 0 spiro atoms. The van der Waals surface area contributed by atoms with Crippen LogP contribution in [-0.4, -0.2) is 47.4 Å². The topological polar surface area (TPSA) is 54.5 Å². The number of benzene rings is 2. The Kier molecular flexibility index (Phi) is 8.55. The average molecular weight is 579 g/mol. The molecule has 0 saturated heterocycles. The molecule has 1 heterocycles. The van der Waals surface area contributed by atoms with Crippen LogP contribution in [0, 0.1) is 5.92 Å². The maximum Gasteiger partial charge on any atom is 0.169 e. The molecule has 7 heteroatoms. The summed E-state index contributed by atoms with van der Waals surface area (Å²) in [6.07, 6.45) is 11.7. The Morgan fingerprint density at radius 3 is 2.30 bits per heavy atom. The maximum atomic E-state index is 13.4. The lowest BCUT2D eigenvalue weighted by Gasteiger charge is -2.45. The summed E-state index contributed by atoms with van der Waals surface area (Å²) in [7, 11) is 1.55. The van der Waals surface area contributed by atoms with E-state index in [0.29, 0.717) is 21.4 Å². The monoisotopic (exact) mass is 577 g/mol. The fraction of sp³-hybridized carbons (Fsp3) is 0.394. The second kappa shape index (κ2) is 11.9. The quantitative estimate of drug-likeness (QED) is 0.182. The molecule has 2 saturated carbocycles. The third kappa shape index (κ3) is 5.79. The Morgan fingerprint density at radius 2 is 1.73 bits per heavy atom. The number of ketones is 1. The number of Topliss-reactive ketones (excluding diaryl/α,β-unsaturated/α-hetero) is 1. The van der Waals surface area contributed by atoms with Gasteiger partial charge in [0.1, 0.15) is 0 Å². The van der Waals surface area contributed by atoms with Gasteiger partial charge in [-0.1, -0.05) is 41.4 Å². The predicted molar refractivity (Wildman–Crippen MR) is 167 cm³/mol. The van der Waals surface area contributed by atoms with Crippen LogP contribution in [-0.2, 0) is 0 Å². The van der Waals surface area contributed by atoms with Gasteiger partial charge in [-0.05, 0) is 80.8 Å². The first-order valence-corrected chi connectivity index (χ1v) is 14.8. The Balaban J connectivity index is 1.49. The van der Waals surface area contributed by atoms with Crippen LogP contribution in [0.15, 0.2) is 61.8 Å². The number of halogens is 2. The van der Waals surface area contributed by atoms with E-state index in [9.17, 15) is 4.79 Å². The highest BCUT2D eigenvalue weighted by Gasteiger charge is 2.37. The van der Waals surface area contributed by atoms with Gasteiger partial charge in [0.2, 0.25) is 0 Å². The first kappa shape index (κ1) is 28.7. The van der Waals surface area contributed by atoms with Gasteiger partial charge in [0.15, 0.2) is 11.5 Å². The SMILES string of the molecule is C=CCN(CC=C)C1(C)CCC(Nc2c(C(=O)C3CC3)cnc3ccc(-c4cc(Cl)c(OC)c(Cl)c4)cc23)CC1. The van der Waals surface area contributed by atoms with Crippen molar-refractivity contribution in [2.75, 3.05) is 25.5 Å². The molecule has 0 bridgehead atoms. The maximum absolute atomic E-state index is 13.4. The average Bonchev–Trinajstić information content (AvgIpc) is 3.79. The van der Waals surface area contributed by atoms with E-state index in [4.69, 9.17) is 32.9 Å². The van der Waals surface area contributed by atoms with Crippen LogP contribution in [0.3, 0.4) is 0 Å². The van der Waals surface area contributed by atoms with Crippen LogP contribution < -0.4 is 10.1 Å². The standard InChI is InChI=1S/C33H37Cl2N3O2/c1-5-15-38(16-6-2)33(3)13-11-24(12-14-33)37-30-25-17-22(23-18-27(34)32(40-4)28(35)19-23)9-10-29(25)36-20-26(30)31(39)21-7-8-21/h5-6,9-10,17-21,24H,1-2,7-8,11-16H2,3-4H3,(H,36,37). The highest BCUT2D eigenvalue weighted by atomic mass is 35.5. The van der Waals surface area contributed by atoms with E-state index in [1.807, 2.05) is 36.4 Å². The molecule has 0 unspecified atom stereocenters. The molecule has 210 valence electrons. The number of fused-ring (bicyclic) bond motifs is 1. The summed E-state index contributed by atoms with van der Waals surface area (Å²) >= 11 is 12.9. The summed E-state index contributed by atoms with van der Waals surface area (Å²) in [6, 6.07) is 10.1. The van der Waals surface area contributed by atoms with E-state index in [0.717, 1.165) is 79.3 Å². The number of pyridine rings is 1. The molecule has 2 aliphatic rings. The molecule has 2 aliphatic carbocycles. The lowest BCUT2D eigenvalue weighted by atomic mass is 9.79. The summed E-state index contributed by atoms with van der Waals surface area (Å²) in [5.41, 5.74) is 4.32. The normalized spacial score (nSPS) is 20.9. The van der Waals surface area contributed by atoms with E-state index in [2.05, 4.69) is 36.4 Å². The number of methoxy groups -OCH3 is 1. The highest BCUT2D eigenvalue weighted by molar-refractivity contribution is 6.37. The van der Waals surface area contributed by atoms with E-state index in [-0.39, 0.29) is 23.3 Å². The molecule has 2 fully saturated rings. The number of hydrogen-bond donors (Lipinski definition) is 1. The number of hydrogen-bond acceptors (Lipinski definition) is 5. The molecule has 40 heavy (non-hydrogen) atoms. The molecule has 5 rings (SSSR count). The number of anilines is 1. The zero-order chi connectivity index (χ0) is 28.4. The summed E-state index contributed by atoms with van der Waals surface area (Å²) in [6.45, 7) is 11.9. The van der Waals surface area contributed by atoms with Crippen molar-refractivity contribution in [2.24, 2.45) is 5.92 Å². The summed E-state index contributed by atoms with van der Waals surface area (Å²) in [5.74, 6) is 0.739. The first-order chi connectivity index (χ1) is 19.3. The molecule has 5 nitrogen and oxygen atoms in total. The number of aromatic nitrogens is 1. The van der Waals surface area contributed by atoms with Gasteiger partial charge in [0.05, 0.1) is 33.9 Å². The van der Waals surface area contributed by atoms with Gasteiger partial charge in [0, 0.05) is 42.2 Å². The largest absolute Gasteiger partial charge is 0.494 e. The number of nitrogens with one attached hydrogen (secondary N) is 1. The van der Waals surface area contributed by atoms with Crippen LogP contribution >= 0.6 is 23.2 Å². The zero-order valence-corrected chi connectivity index (χ0v) is 24.8. The number of ether oxygens (including phenoxy) is 1. The van der Waals surface area contributed by atoms with Crippen LogP contribution in [0.4, 0.5) is 5.69 Å². The molecule has 3 aromatic rings. The Bertz CT molecular complexity index is 1410. The fourth-order valence-corrected chi connectivity index (χ4v) is 6.57. The van der Waals surface area contributed by atoms with Gasteiger partial charge in [0.25, 0.3) is 0 Å². The molecule has 0 aliphatic heterocycles. The van der Waals surface area contributed by atoms with Crippen molar-refractivity contribution in [3.63, 3.8) is 0 Å². The molecule has 1 N–H and O–H groups in total. The smallest absolute Gasteiger partial charge is 0.169 e. The minimum atomic E-state index is 0.0909. The van der Waals surface area contributed by atoms with E-state index < -0.39 is 0 Å². The second-order valence-electron chi connectivity index (χ2n) is 11.3. The lowest BCUT2D eigenvalue weighted by Crippen LogP contribution is -2.50. The Labute approximate surface area is 247 Å². The number of carbonyl (C=O) groups excluding carboxylic acids is 1. The van der Waals surface area contributed by atoms with Gasteiger partial charge in [-0.15, -0.1) is 13.2 Å². The molecule has 0 amide bonds. The minimum absolute atomic E-state index is 0.0909. The molecule has 1 aromatic heterocycles. The van der Waals surface area contributed by atoms with Crippen molar-refractivity contribution < 1.29 is 9.53 Å². The van der Waals surface area contributed by atoms with Crippen LogP contribution in [0.25, 0.3) is 22.0 Å². The van der Waals surface area contributed by atoms with Crippen molar-refractivity contribution in [3.8, 4) is 16.9 Å². The van der Waals surface area contributed by atoms with Crippen molar-refractivity contribution in [2.45, 2.75) is 57.0 Å². The molecular formula is C33H37Cl2N3O2. The third-order valence-electron chi connectivity index (χ3n) is 8.49. The zero-order valence-electron chi connectivity index (χ0n) is 23.3. The van der Waals surface area contributed by atoms with Gasteiger partial charge in [-0.3, -0.25) is 14.7 Å². The highest BCUT2D eigenvalue weighted by Crippen LogP contribution is 2.42. The van der Waals surface area contributed by atoms with E-state index in [1.54, 1.807) is 13.3 Å². The van der Waals surface area contributed by atoms with E-state index >= 15 is 0 Å². The summed E-state index contributed by atoms with van der Waals surface area (Å²) < 4.78 is 5.33. The fourth-order valence-electron chi connectivity index (χ4n) is 5.93. The Hall–Kier alpha value is -2.86. The van der Waals surface area contributed by atoms with Gasteiger partial charge in [-0.2, -0.15) is 0 Å². The van der Waals surface area contributed by atoms with Crippen molar-refractivity contribution in [3.05, 3.63) is 77.4 Å². The number of rotatable bonds is 11. The summed E-state index contributed by atoms with van der Waals surface area (Å²) in [5, 5.41) is 5.66. The molecular weight excluding hydrogens is 541 g/mol. The van der Waals surface area contributed by atoms with Crippen molar-refractivity contribution >= 4 is 45.6 Å². The van der Waals surface area contributed by atoms with Crippen LogP contribution in [0.2, 0.25) is 10.0 Å². The second-order valence-corrected chi connectivity index (χ2v) is 12.1. The first-order valence-electron chi connectivity index (χ1n) is 14.0. The van der Waals surface area contributed by atoms with Crippen molar-refractivity contribution in [1.29, 1.82) is 0 Å². The van der Waals surface area contributed by atoms with Gasteiger partial charge >= 0.3 is 0 Å². The third-order valence-corrected chi connectivity index (χ3v) is 9.05. The minimum Gasteiger partial charge on any atom is -0.494 e. The Morgan fingerprint density at radius 1 is 1.07 bits per heavy atom. The molecule has 0 radical (unpaired) electrons. The predicted octanol–water partition coefficient (Wildman–Crippen LogP) is 8.60. The number of nitrogens with zero attached hydrogens (tertiary/aromatic N) is 2. The van der Waals surface area contributed by atoms with Crippen molar-refractivity contribution in [1.82, 2.24) is 9.88 Å². The molecule has 0 atom stereocenters. The molecule has 2 aromatic carbocycles. The van der Waals surface area contributed by atoms with Gasteiger partial charge in [-0.25, -0.2) is 0 Å². The van der Waals surface area contributed by atoms with Crippen LogP contribution in [0.5, 0.6) is 5.75 Å². The van der Waals surface area contributed by atoms with Crippen LogP contribution in [0.1, 0.15) is 55.8 Å². The lowest BCUT2D eigenvalue weighted by molar-refractivity contribution is 0.0860. The summed E-state index contributed by atoms with van der Waals surface area (Å²) in [4.78, 5) is 20.6. The van der Waals surface area contributed by atoms with Gasteiger partial charge < -0.3 is 10.1 Å². The number of carbonyl (C=O) groups is 1.